The van der Waals surface area contributed by atoms with E-state index in [0.717, 1.165) is 66.4 Å². The monoisotopic (exact) mass is 627 g/mol. The molecule has 2 heterocycles. The van der Waals surface area contributed by atoms with Crippen molar-refractivity contribution in [1.29, 1.82) is 0 Å². The summed E-state index contributed by atoms with van der Waals surface area (Å²) in [5.41, 5.74) is 8.16. The zero-order valence-electron chi connectivity index (χ0n) is 30.3. The van der Waals surface area contributed by atoms with Crippen molar-refractivity contribution in [2.45, 2.75) is 75.8 Å². The normalized spacial score (nSPS) is 10.7. The fourth-order valence-electron chi connectivity index (χ4n) is 4.18. The third-order valence-corrected chi connectivity index (χ3v) is 6.03. The van der Waals surface area contributed by atoms with E-state index in [2.05, 4.69) is 64.5 Å². The number of allylic oxidation sites excluding steroid dienone is 2. The number of fused-ring (bicyclic) bond motifs is 1. The van der Waals surface area contributed by atoms with Crippen LogP contribution in [0.3, 0.4) is 0 Å². The van der Waals surface area contributed by atoms with Crippen molar-refractivity contribution in [3.63, 3.8) is 0 Å². The standard InChI is InChI=1S/C30H32FN5.3C2H6.2C2H4/c1-7-27-26(11-19(4)20(5)16-33-18(2)3)30(36-35-27)29-15-25-24(9-8-10-28(25)34-29)22-12-21(17-32-6)13-23(31)14-22;5*1-2/h7-16,32,34-35H,4,17H2,1-3,5-6H3;3*1-2H3;2*1-2H2/b20-16+,26-11+,27-7+;;;;;. The molecule has 3 N–H and O–H groups in total. The van der Waals surface area contributed by atoms with Crippen LogP contribution in [0.5, 0.6) is 0 Å². The highest BCUT2D eigenvalue weighted by Gasteiger charge is 2.13. The Morgan fingerprint density at radius 3 is 2.15 bits per heavy atom. The fourth-order valence-corrected chi connectivity index (χ4v) is 4.18. The number of H-pyrrole nitrogens is 2. The van der Waals surface area contributed by atoms with Crippen molar-refractivity contribution in [3.05, 3.63) is 115 Å². The second-order valence-corrected chi connectivity index (χ2v) is 9.07. The predicted molar refractivity (Wildman–Crippen MR) is 206 cm³/mol. The summed E-state index contributed by atoms with van der Waals surface area (Å²) < 4.78 is 14.4. The summed E-state index contributed by atoms with van der Waals surface area (Å²) in [6, 6.07) is 13.3. The quantitative estimate of drug-likeness (QED) is 0.108. The van der Waals surface area contributed by atoms with E-state index in [1.807, 2.05) is 119 Å². The van der Waals surface area contributed by atoms with Gasteiger partial charge in [0.15, 0.2) is 0 Å². The van der Waals surface area contributed by atoms with Crippen molar-refractivity contribution in [2.75, 3.05) is 7.05 Å². The summed E-state index contributed by atoms with van der Waals surface area (Å²) >= 11 is 0. The lowest BCUT2D eigenvalue weighted by Crippen LogP contribution is -2.23. The molecule has 0 spiro atoms. The second kappa shape index (κ2) is 24.7. The minimum Gasteiger partial charge on any atom is -0.353 e. The van der Waals surface area contributed by atoms with Gasteiger partial charge < -0.3 is 10.3 Å². The Hall–Kier alpha value is -4.55. The van der Waals surface area contributed by atoms with Crippen LogP contribution in [-0.2, 0) is 6.54 Å². The molecule has 2 aromatic heterocycles. The summed E-state index contributed by atoms with van der Waals surface area (Å²) in [6.07, 6.45) is 5.86. The SMILES string of the molecule is C=C.C=C.C=C(/C=c1/c(-c2cc3c(-c4cc(F)cc(CNC)c4)cccc3[nH]2)n[nH]/c1=C/C)/C(C)=C/N=C(C)C.CC.CC.CC. The second-order valence-electron chi connectivity index (χ2n) is 9.07. The summed E-state index contributed by atoms with van der Waals surface area (Å²) in [5, 5.41) is 13.7. The van der Waals surface area contributed by atoms with Crippen LogP contribution in [-0.4, -0.2) is 27.9 Å². The molecule has 46 heavy (non-hydrogen) atoms. The van der Waals surface area contributed by atoms with Gasteiger partial charge in [-0.05, 0) is 99.0 Å². The summed E-state index contributed by atoms with van der Waals surface area (Å²) in [5.74, 6) is -0.248. The molecule has 0 aliphatic carbocycles. The maximum absolute atomic E-state index is 14.4. The van der Waals surface area contributed by atoms with E-state index in [-0.39, 0.29) is 5.82 Å². The first-order valence-electron chi connectivity index (χ1n) is 16.0. The highest BCUT2D eigenvalue weighted by Crippen LogP contribution is 2.32. The summed E-state index contributed by atoms with van der Waals surface area (Å²) in [4.78, 5) is 7.90. The molecule has 4 rings (SSSR count). The van der Waals surface area contributed by atoms with E-state index in [0.29, 0.717) is 6.54 Å². The zero-order chi connectivity index (χ0) is 35.8. The van der Waals surface area contributed by atoms with Gasteiger partial charge in [0.1, 0.15) is 11.5 Å². The molecule has 0 fully saturated rings. The number of halogens is 1. The van der Waals surface area contributed by atoms with Crippen LogP contribution in [0.25, 0.3) is 45.6 Å². The molecule has 0 aliphatic heterocycles. The molecule has 250 valence electrons. The molecule has 2 aromatic carbocycles. The first-order valence-corrected chi connectivity index (χ1v) is 16.0. The maximum Gasteiger partial charge on any atom is 0.124 e. The molecule has 6 heteroatoms. The molecule has 0 atom stereocenters. The van der Waals surface area contributed by atoms with E-state index in [1.54, 1.807) is 12.1 Å². The molecule has 0 bridgehead atoms. The minimum absolute atomic E-state index is 0.248. The molecule has 0 saturated carbocycles. The molecule has 5 nitrogen and oxygen atoms in total. The first kappa shape index (κ1) is 43.6. The van der Waals surface area contributed by atoms with Crippen molar-refractivity contribution in [1.82, 2.24) is 20.5 Å². The van der Waals surface area contributed by atoms with Crippen LogP contribution in [0.15, 0.2) is 97.7 Å². The molecule has 0 aliphatic rings. The van der Waals surface area contributed by atoms with Crippen LogP contribution in [0.2, 0.25) is 0 Å². The molecular formula is C40H58FN5. The Morgan fingerprint density at radius 2 is 1.59 bits per heavy atom. The third-order valence-electron chi connectivity index (χ3n) is 6.03. The predicted octanol–water partition coefficient (Wildman–Crippen LogP) is 10.3. The van der Waals surface area contributed by atoms with Crippen molar-refractivity contribution in [3.8, 4) is 22.5 Å². The number of hydrogen-bond acceptors (Lipinski definition) is 3. The van der Waals surface area contributed by atoms with E-state index < -0.39 is 0 Å². The molecule has 0 amide bonds. The Kier molecular flexibility index (Phi) is 23.4. The molecule has 0 unspecified atom stereocenters. The van der Waals surface area contributed by atoms with Crippen molar-refractivity contribution < 1.29 is 4.39 Å². The number of rotatable bonds is 7. The Bertz CT molecular complexity index is 1640. The van der Waals surface area contributed by atoms with E-state index in [9.17, 15) is 4.39 Å². The maximum atomic E-state index is 14.4. The number of aromatic nitrogens is 3. The Morgan fingerprint density at radius 1 is 0.957 bits per heavy atom. The van der Waals surface area contributed by atoms with Gasteiger partial charge in [-0.15, -0.1) is 26.3 Å². The highest BCUT2D eigenvalue weighted by molar-refractivity contribution is 5.98. The van der Waals surface area contributed by atoms with Crippen molar-refractivity contribution >= 4 is 28.8 Å². The Balaban J connectivity index is 0. The summed E-state index contributed by atoms with van der Waals surface area (Å²) in [6.45, 7) is 36.7. The van der Waals surface area contributed by atoms with Gasteiger partial charge in [0.05, 0.1) is 11.0 Å². The van der Waals surface area contributed by atoms with Gasteiger partial charge in [-0.2, -0.15) is 5.10 Å². The van der Waals surface area contributed by atoms with Gasteiger partial charge in [0.25, 0.3) is 0 Å². The average Bonchev–Trinajstić information content (AvgIpc) is 3.71. The average molecular weight is 628 g/mol. The van der Waals surface area contributed by atoms with Gasteiger partial charge in [0.2, 0.25) is 0 Å². The Labute approximate surface area is 278 Å². The molecule has 0 saturated heterocycles. The zero-order valence-corrected chi connectivity index (χ0v) is 30.3. The van der Waals surface area contributed by atoms with Crippen LogP contribution in [0, 0.1) is 5.82 Å². The minimum atomic E-state index is -0.248. The van der Waals surface area contributed by atoms with E-state index in [1.165, 1.54) is 0 Å². The number of benzene rings is 2. The van der Waals surface area contributed by atoms with Gasteiger partial charge >= 0.3 is 0 Å². The van der Waals surface area contributed by atoms with Crippen LogP contribution in [0.4, 0.5) is 4.39 Å². The van der Waals surface area contributed by atoms with Crippen LogP contribution >= 0.6 is 0 Å². The van der Waals surface area contributed by atoms with Gasteiger partial charge in [-0.25, -0.2) is 4.39 Å². The topological polar surface area (TPSA) is 68.9 Å². The third kappa shape index (κ3) is 12.4. The largest absolute Gasteiger partial charge is 0.353 e. The van der Waals surface area contributed by atoms with Gasteiger partial charge in [-0.1, -0.05) is 66.3 Å². The number of aromatic amines is 2. The first-order chi connectivity index (χ1) is 22.3. The highest BCUT2D eigenvalue weighted by atomic mass is 19.1. The van der Waals surface area contributed by atoms with E-state index >= 15 is 0 Å². The van der Waals surface area contributed by atoms with Gasteiger partial charge in [-0.3, -0.25) is 10.1 Å². The molecule has 4 aromatic rings. The van der Waals surface area contributed by atoms with Crippen molar-refractivity contribution in [2.24, 2.45) is 4.99 Å². The number of aliphatic imine (C=N–C) groups is 1. The summed E-state index contributed by atoms with van der Waals surface area (Å²) in [7, 11) is 1.86. The van der Waals surface area contributed by atoms with Crippen LogP contribution in [0.1, 0.15) is 74.8 Å². The lowest BCUT2D eigenvalue weighted by molar-refractivity contribution is 0.624. The van der Waals surface area contributed by atoms with E-state index in [4.69, 9.17) is 0 Å². The van der Waals surface area contributed by atoms with Gasteiger partial charge in [0, 0.05) is 34.6 Å². The molecular weight excluding hydrogens is 569 g/mol. The number of nitrogens with zero attached hydrogens (tertiary/aromatic N) is 2. The number of nitrogens with one attached hydrogen (secondary N) is 3. The lowest BCUT2D eigenvalue weighted by atomic mass is 9.99. The van der Waals surface area contributed by atoms with Crippen LogP contribution < -0.4 is 15.9 Å². The smallest absolute Gasteiger partial charge is 0.124 e. The molecule has 0 radical (unpaired) electrons. The fraction of sp³-hybridized carbons (Fsp3) is 0.300. The lowest BCUT2D eigenvalue weighted by Gasteiger charge is -2.07. The number of hydrogen-bond donors (Lipinski definition) is 3.